The van der Waals surface area contributed by atoms with Crippen LogP contribution < -0.4 is 0 Å². The molecule has 1 N–H and O–H groups in total. The van der Waals surface area contributed by atoms with Gasteiger partial charge >= 0.3 is 0 Å². The van der Waals surface area contributed by atoms with Gasteiger partial charge in [-0.25, -0.2) is 0 Å². The molecule has 0 aliphatic heterocycles. The van der Waals surface area contributed by atoms with Crippen molar-refractivity contribution < 1.29 is 9.84 Å². The molecule has 1 unspecified atom stereocenters. The van der Waals surface area contributed by atoms with Crippen molar-refractivity contribution in [2.45, 2.75) is 26.9 Å². The van der Waals surface area contributed by atoms with E-state index in [-0.39, 0.29) is 6.10 Å². The molecule has 0 aromatic heterocycles. The highest BCUT2D eigenvalue weighted by Crippen LogP contribution is 2.17. The number of halogens is 1. The molecule has 0 spiro atoms. The number of hydrogen-bond donors (Lipinski definition) is 1. The lowest BCUT2D eigenvalue weighted by Crippen LogP contribution is -1.94. The summed E-state index contributed by atoms with van der Waals surface area (Å²) in [6, 6.07) is 7.67. The lowest BCUT2D eigenvalue weighted by Gasteiger charge is -2.08. The molecule has 0 heterocycles. The van der Waals surface area contributed by atoms with Crippen LogP contribution in [0.4, 0.5) is 0 Å². The van der Waals surface area contributed by atoms with E-state index in [2.05, 4.69) is 0 Å². The normalized spacial score (nSPS) is 10.3. The van der Waals surface area contributed by atoms with E-state index < -0.39 is 0 Å². The molecule has 88 valence electrons. The van der Waals surface area contributed by atoms with Crippen LogP contribution in [0.1, 0.15) is 32.4 Å². The van der Waals surface area contributed by atoms with Crippen molar-refractivity contribution in [1.29, 1.82) is 0 Å². The molecule has 0 aliphatic carbocycles. The molecule has 0 saturated carbocycles. The van der Waals surface area contributed by atoms with E-state index in [4.69, 9.17) is 21.4 Å². The molecule has 0 bridgehead atoms. The molecule has 0 aliphatic rings. The minimum atomic E-state index is 0.146. The summed E-state index contributed by atoms with van der Waals surface area (Å²) in [6.07, 6.45) is 0.146. The summed E-state index contributed by atoms with van der Waals surface area (Å²) >= 11 is 5.72. The summed E-state index contributed by atoms with van der Waals surface area (Å²) in [5, 5.41) is 7.76. The van der Waals surface area contributed by atoms with Gasteiger partial charge in [0.2, 0.25) is 0 Å². The lowest BCUT2D eigenvalue weighted by atomic mass is 10.1. The average molecular weight is 233 g/mol. The van der Waals surface area contributed by atoms with Crippen molar-refractivity contribution in [3.63, 3.8) is 0 Å². The van der Waals surface area contributed by atoms with Gasteiger partial charge in [0, 0.05) is 19.2 Å². The van der Waals surface area contributed by atoms with E-state index in [0.29, 0.717) is 0 Å². The minimum absolute atomic E-state index is 0.146. The third kappa shape index (κ3) is 7.37. The van der Waals surface area contributed by atoms with Crippen molar-refractivity contribution in [3.05, 3.63) is 34.9 Å². The highest BCUT2D eigenvalue weighted by atomic mass is 35.5. The zero-order chi connectivity index (χ0) is 12.3. The monoisotopic (exact) mass is 232 g/mol. The Hall–Kier alpha value is -0.570. The van der Waals surface area contributed by atoms with Crippen molar-refractivity contribution >= 4 is 11.6 Å². The van der Waals surface area contributed by atoms with Gasteiger partial charge in [-0.05, 0) is 24.6 Å². The van der Waals surface area contributed by atoms with Gasteiger partial charge in [-0.1, -0.05) is 37.6 Å². The largest absolute Gasteiger partial charge is 0.400 e. The maximum Gasteiger partial charge on any atom is 0.0793 e. The van der Waals surface area contributed by atoms with E-state index >= 15 is 0 Å². The quantitative estimate of drug-likeness (QED) is 0.843. The molecule has 1 aromatic rings. The molecule has 3 heteroatoms. The molecule has 1 atom stereocenters. The van der Waals surface area contributed by atoms with Gasteiger partial charge in [-0.2, -0.15) is 0 Å². The number of benzene rings is 1. The van der Waals surface area contributed by atoms with Gasteiger partial charge in [-0.15, -0.1) is 0 Å². The second-order valence-electron chi connectivity index (χ2n) is 2.43. The molecule has 0 radical (unpaired) electrons. The fraction of sp³-hybridized carbons (Fsp3) is 0.500. The topological polar surface area (TPSA) is 29.5 Å². The summed E-state index contributed by atoms with van der Waals surface area (Å²) in [5.74, 6) is 0. The zero-order valence-corrected chi connectivity index (χ0v) is 10.9. The summed E-state index contributed by atoms with van der Waals surface area (Å²) in [4.78, 5) is 0. The van der Waals surface area contributed by atoms with Gasteiger partial charge in [0.05, 0.1) is 6.10 Å². The Morgan fingerprint density at radius 2 is 1.53 bits per heavy atom. The summed E-state index contributed by atoms with van der Waals surface area (Å²) in [5.41, 5.74) is 1.15. The number of hydrogen-bond acceptors (Lipinski definition) is 2. The zero-order valence-electron chi connectivity index (χ0n) is 10.1. The average Bonchev–Trinajstić information content (AvgIpc) is 2.34. The second kappa shape index (κ2) is 11.5. The van der Waals surface area contributed by atoms with Crippen molar-refractivity contribution in [2.24, 2.45) is 0 Å². The Bertz CT molecular complexity index is 222. The Morgan fingerprint density at radius 1 is 1.13 bits per heavy atom. The molecule has 1 aromatic carbocycles. The van der Waals surface area contributed by atoms with Gasteiger partial charge in [0.25, 0.3) is 0 Å². The van der Waals surface area contributed by atoms with Crippen LogP contribution in [0.5, 0.6) is 0 Å². The molecule has 0 amide bonds. The standard InChI is InChI=1S/C9H11ClO.C2H6.CH4O/c1-7(11-2)8-3-5-9(10)6-4-8;2*1-2/h3-7H,1-2H3;1-2H3;2H,1H3. The minimum Gasteiger partial charge on any atom is -0.400 e. The van der Waals surface area contributed by atoms with Crippen LogP contribution >= 0.6 is 11.6 Å². The predicted molar refractivity (Wildman–Crippen MR) is 66.4 cm³/mol. The second-order valence-corrected chi connectivity index (χ2v) is 2.87. The third-order valence-electron chi connectivity index (χ3n) is 1.69. The Labute approximate surface area is 97.8 Å². The first kappa shape index (κ1) is 16.8. The molecular formula is C12H21ClO2. The van der Waals surface area contributed by atoms with Crippen LogP contribution in [-0.4, -0.2) is 19.3 Å². The van der Waals surface area contributed by atoms with Gasteiger partial charge in [0.1, 0.15) is 0 Å². The maximum atomic E-state index is 7.00. The molecule has 15 heavy (non-hydrogen) atoms. The highest BCUT2D eigenvalue weighted by Gasteiger charge is 2.01. The van der Waals surface area contributed by atoms with Crippen LogP contribution in [0.2, 0.25) is 5.02 Å². The fourth-order valence-electron chi connectivity index (χ4n) is 0.870. The van der Waals surface area contributed by atoms with Crippen LogP contribution in [-0.2, 0) is 4.74 Å². The van der Waals surface area contributed by atoms with E-state index in [0.717, 1.165) is 17.7 Å². The highest BCUT2D eigenvalue weighted by molar-refractivity contribution is 6.30. The smallest absolute Gasteiger partial charge is 0.0793 e. The number of aliphatic hydroxyl groups is 1. The van der Waals surface area contributed by atoms with E-state index in [9.17, 15) is 0 Å². The van der Waals surface area contributed by atoms with Gasteiger partial charge < -0.3 is 9.84 Å². The van der Waals surface area contributed by atoms with Gasteiger partial charge in [-0.3, -0.25) is 0 Å². The van der Waals surface area contributed by atoms with Crippen LogP contribution in [0.3, 0.4) is 0 Å². The number of methoxy groups -OCH3 is 1. The van der Waals surface area contributed by atoms with Crippen molar-refractivity contribution in [2.75, 3.05) is 14.2 Å². The first-order valence-corrected chi connectivity index (χ1v) is 5.35. The Balaban J connectivity index is 0. The molecule has 2 nitrogen and oxygen atoms in total. The summed E-state index contributed by atoms with van der Waals surface area (Å²) in [6.45, 7) is 6.00. The third-order valence-corrected chi connectivity index (χ3v) is 1.94. The van der Waals surface area contributed by atoms with Crippen LogP contribution in [0.15, 0.2) is 24.3 Å². The maximum absolute atomic E-state index is 7.00. The summed E-state index contributed by atoms with van der Waals surface area (Å²) in [7, 11) is 2.69. The molecular weight excluding hydrogens is 212 g/mol. The van der Waals surface area contributed by atoms with Crippen molar-refractivity contribution in [3.8, 4) is 0 Å². The first-order chi connectivity index (χ1) is 7.24. The molecule has 0 fully saturated rings. The Kier molecular flexibility index (Phi) is 12.9. The number of rotatable bonds is 2. The van der Waals surface area contributed by atoms with Gasteiger partial charge in [0.15, 0.2) is 0 Å². The fourth-order valence-corrected chi connectivity index (χ4v) is 0.996. The van der Waals surface area contributed by atoms with Crippen LogP contribution in [0.25, 0.3) is 0 Å². The summed E-state index contributed by atoms with van der Waals surface area (Å²) < 4.78 is 5.13. The lowest BCUT2D eigenvalue weighted by molar-refractivity contribution is 0.119. The van der Waals surface area contributed by atoms with E-state index in [1.807, 2.05) is 45.0 Å². The first-order valence-electron chi connectivity index (χ1n) is 4.97. The van der Waals surface area contributed by atoms with E-state index in [1.54, 1.807) is 7.11 Å². The Morgan fingerprint density at radius 3 is 1.87 bits per heavy atom. The number of aliphatic hydroxyl groups excluding tert-OH is 1. The number of ether oxygens (including phenoxy) is 1. The SMILES string of the molecule is CC.CO.COC(C)c1ccc(Cl)cc1. The molecule has 1 rings (SSSR count). The van der Waals surface area contributed by atoms with Crippen molar-refractivity contribution in [1.82, 2.24) is 0 Å². The van der Waals surface area contributed by atoms with Crippen LogP contribution in [0, 0.1) is 0 Å². The molecule has 0 saturated heterocycles. The predicted octanol–water partition coefficient (Wildman–Crippen LogP) is 3.68. The van der Waals surface area contributed by atoms with E-state index in [1.165, 1.54) is 0 Å².